The Balaban J connectivity index is 1.48. The van der Waals surface area contributed by atoms with Crippen molar-refractivity contribution in [3.05, 3.63) is 51.8 Å². The Morgan fingerprint density at radius 2 is 2.08 bits per heavy atom. The zero-order chi connectivity index (χ0) is 18.2. The standard InChI is InChI=1S/C19H26N4OS2/c1-16-3-5-17(6-4-16)15-23-11-14-26-19(23)21-18(25)20-7-2-8-22-9-12-24-13-10-22/h3-6,11,14H,2,7-10,12-13,15H2,1H3,(H,20,25)/p+1. The lowest BCUT2D eigenvalue weighted by Gasteiger charge is -2.23. The molecule has 2 heterocycles. The Morgan fingerprint density at radius 3 is 2.85 bits per heavy atom. The number of nitrogens with one attached hydrogen (secondary N) is 2. The molecular weight excluding hydrogens is 364 g/mol. The van der Waals surface area contributed by atoms with Gasteiger partial charge in [0, 0.05) is 31.1 Å². The van der Waals surface area contributed by atoms with Crippen LogP contribution in [0, 0.1) is 6.92 Å². The smallest absolute Gasteiger partial charge is 0.195 e. The first-order chi connectivity index (χ1) is 12.7. The SMILES string of the molecule is Cc1ccc(Cn2ccsc2=NC(=S)NCCC[NH+]2CCOCC2)cc1. The van der Waals surface area contributed by atoms with Gasteiger partial charge in [-0.05, 0) is 24.7 Å². The van der Waals surface area contributed by atoms with E-state index in [-0.39, 0.29) is 0 Å². The van der Waals surface area contributed by atoms with Gasteiger partial charge in [0.25, 0.3) is 0 Å². The molecule has 1 aliphatic heterocycles. The number of thiazole rings is 1. The quantitative estimate of drug-likeness (QED) is 0.570. The molecule has 5 nitrogen and oxygen atoms in total. The maximum absolute atomic E-state index is 5.40. The van der Waals surface area contributed by atoms with Crippen LogP contribution in [0.3, 0.4) is 0 Å². The predicted molar refractivity (Wildman–Crippen MR) is 110 cm³/mol. The summed E-state index contributed by atoms with van der Waals surface area (Å²) >= 11 is 7.01. The van der Waals surface area contributed by atoms with Crippen LogP contribution in [0.4, 0.5) is 0 Å². The maximum atomic E-state index is 5.40. The fourth-order valence-electron chi connectivity index (χ4n) is 2.97. The van der Waals surface area contributed by atoms with Crippen LogP contribution in [-0.4, -0.2) is 49.1 Å². The van der Waals surface area contributed by atoms with E-state index in [1.165, 1.54) is 11.1 Å². The molecule has 1 aromatic heterocycles. The van der Waals surface area contributed by atoms with Gasteiger partial charge in [-0.1, -0.05) is 29.8 Å². The van der Waals surface area contributed by atoms with E-state index in [4.69, 9.17) is 17.0 Å². The molecule has 1 aromatic carbocycles. The molecule has 0 spiro atoms. The number of thiocarbonyl (C=S) groups is 1. The molecule has 3 rings (SSSR count). The number of rotatable bonds is 6. The number of quaternary nitrogens is 1. The number of aryl methyl sites for hydroxylation is 1. The molecule has 0 aliphatic carbocycles. The van der Waals surface area contributed by atoms with Crippen LogP contribution >= 0.6 is 23.6 Å². The fraction of sp³-hybridized carbons (Fsp3) is 0.474. The van der Waals surface area contributed by atoms with E-state index < -0.39 is 0 Å². The summed E-state index contributed by atoms with van der Waals surface area (Å²) in [4.78, 5) is 7.14. The van der Waals surface area contributed by atoms with Gasteiger partial charge in [0.2, 0.25) is 0 Å². The lowest BCUT2D eigenvalue weighted by Crippen LogP contribution is -3.14. The average Bonchev–Trinajstić information content (AvgIpc) is 3.08. The number of morpholine rings is 1. The summed E-state index contributed by atoms with van der Waals surface area (Å²) in [6.07, 6.45) is 3.16. The van der Waals surface area contributed by atoms with E-state index in [1.54, 1.807) is 16.2 Å². The average molecular weight is 392 g/mol. The highest BCUT2D eigenvalue weighted by Gasteiger charge is 2.12. The first-order valence-corrected chi connectivity index (χ1v) is 10.4. The molecule has 0 amide bonds. The molecule has 0 unspecified atom stereocenters. The Labute approximate surface area is 164 Å². The molecular formula is C19H27N4OS2+. The second kappa shape index (κ2) is 9.97. The fourth-order valence-corrected chi connectivity index (χ4v) is 3.95. The summed E-state index contributed by atoms with van der Waals surface area (Å²) < 4.78 is 7.53. The highest BCUT2D eigenvalue weighted by molar-refractivity contribution is 7.80. The predicted octanol–water partition coefficient (Wildman–Crippen LogP) is 0.987. The number of hydrogen-bond acceptors (Lipinski definition) is 3. The van der Waals surface area contributed by atoms with Crippen molar-refractivity contribution in [3.63, 3.8) is 0 Å². The molecule has 26 heavy (non-hydrogen) atoms. The van der Waals surface area contributed by atoms with Crippen molar-refractivity contribution in [1.29, 1.82) is 0 Å². The van der Waals surface area contributed by atoms with Crippen LogP contribution in [0.5, 0.6) is 0 Å². The summed E-state index contributed by atoms with van der Waals surface area (Å²) in [6, 6.07) is 8.60. The van der Waals surface area contributed by atoms with Gasteiger partial charge in [-0.15, -0.1) is 11.3 Å². The minimum atomic E-state index is 0.571. The van der Waals surface area contributed by atoms with E-state index in [0.29, 0.717) is 5.11 Å². The molecule has 2 N–H and O–H groups in total. The number of nitrogens with zero attached hydrogens (tertiary/aromatic N) is 2. The van der Waals surface area contributed by atoms with Crippen LogP contribution in [-0.2, 0) is 11.3 Å². The van der Waals surface area contributed by atoms with Crippen molar-refractivity contribution in [1.82, 2.24) is 9.88 Å². The third kappa shape index (κ3) is 6.02. The van der Waals surface area contributed by atoms with Crippen molar-refractivity contribution < 1.29 is 9.64 Å². The summed E-state index contributed by atoms with van der Waals surface area (Å²) in [6.45, 7) is 8.94. The Morgan fingerprint density at radius 1 is 1.31 bits per heavy atom. The first kappa shape index (κ1) is 19.2. The van der Waals surface area contributed by atoms with E-state index in [2.05, 4.69) is 57.6 Å². The molecule has 7 heteroatoms. The van der Waals surface area contributed by atoms with Gasteiger partial charge in [0.1, 0.15) is 13.1 Å². The zero-order valence-corrected chi connectivity index (χ0v) is 16.9. The molecule has 0 saturated carbocycles. The van der Waals surface area contributed by atoms with E-state index >= 15 is 0 Å². The number of aromatic nitrogens is 1. The summed E-state index contributed by atoms with van der Waals surface area (Å²) in [5, 5.41) is 5.90. The van der Waals surface area contributed by atoms with Crippen molar-refractivity contribution in [2.75, 3.05) is 39.4 Å². The molecule has 0 bridgehead atoms. The maximum Gasteiger partial charge on any atom is 0.195 e. The number of hydrogen-bond donors (Lipinski definition) is 2. The van der Waals surface area contributed by atoms with Crippen LogP contribution in [0.15, 0.2) is 40.8 Å². The zero-order valence-electron chi connectivity index (χ0n) is 15.2. The van der Waals surface area contributed by atoms with Crippen molar-refractivity contribution >= 4 is 28.7 Å². The lowest BCUT2D eigenvalue weighted by atomic mass is 10.1. The molecule has 0 atom stereocenters. The van der Waals surface area contributed by atoms with Gasteiger partial charge in [-0.3, -0.25) is 0 Å². The highest BCUT2D eigenvalue weighted by atomic mass is 32.1. The molecule has 140 valence electrons. The Hall–Kier alpha value is -1.54. The van der Waals surface area contributed by atoms with Crippen LogP contribution < -0.4 is 15.0 Å². The lowest BCUT2D eigenvalue weighted by molar-refractivity contribution is -0.908. The van der Waals surface area contributed by atoms with Crippen molar-refractivity contribution in [2.45, 2.75) is 19.9 Å². The Kier molecular flexibility index (Phi) is 7.37. The second-order valence-electron chi connectivity index (χ2n) is 6.61. The summed E-state index contributed by atoms with van der Waals surface area (Å²) in [7, 11) is 0. The molecule has 1 fully saturated rings. The van der Waals surface area contributed by atoms with Crippen LogP contribution in [0.1, 0.15) is 17.5 Å². The molecule has 2 aromatic rings. The van der Waals surface area contributed by atoms with Gasteiger partial charge < -0.3 is 19.5 Å². The van der Waals surface area contributed by atoms with E-state index in [9.17, 15) is 0 Å². The molecule has 1 saturated heterocycles. The van der Waals surface area contributed by atoms with Gasteiger partial charge in [-0.25, -0.2) is 0 Å². The third-order valence-electron chi connectivity index (χ3n) is 4.51. The van der Waals surface area contributed by atoms with Crippen LogP contribution in [0.25, 0.3) is 0 Å². The number of ether oxygens (including phenoxy) is 1. The highest BCUT2D eigenvalue weighted by Crippen LogP contribution is 2.05. The van der Waals surface area contributed by atoms with Gasteiger partial charge in [0.15, 0.2) is 9.91 Å². The van der Waals surface area contributed by atoms with Gasteiger partial charge >= 0.3 is 0 Å². The second-order valence-corrected chi connectivity index (χ2v) is 7.87. The van der Waals surface area contributed by atoms with Gasteiger partial charge in [0.05, 0.1) is 19.8 Å². The van der Waals surface area contributed by atoms with Crippen LogP contribution in [0.2, 0.25) is 0 Å². The Bertz CT molecular complexity index is 760. The molecule has 0 radical (unpaired) electrons. The summed E-state index contributed by atoms with van der Waals surface area (Å²) in [5.74, 6) is 0. The summed E-state index contributed by atoms with van der Waals surface area (Å²) in [5.41, 5.74) is 2.54. The topological polar surface area (TPSA) is 43.0 Å². The third-order valence-corrected chi connectivity index (χ3v) is 5.54. The number of benzene rings is 1. The largest absolute Gasteiger partial charge is 0.370 e. The minimum absolute atomic E-state index is 0.571. The first-order valence-electron chi connectivity index (χ1n) is 9.14. The van der Waals surface area contributed by atoms with Gasteiger partial charge in [-0.2, -0.15) is 4.99 Å². The van der Waals surface area contributed by atoms with Crippen molar-refractivity contribution in [3.8, 4) is 0 Å². The monoisotopic (exact) mass is 391 g/mol. The van der Waals surface area contributed by atoms with Crippen molar-refractivity contribution in [2.24, 2.45) is 4.99 Å². The van der Waals surface area contributed by atoms with E-state index in [1.807, 2.05) is 0 Å². The minimum Gasteiger partial charge on any atom is -0.370 e. The normalized spacial score (nSPS) is 16.0. The van der Waals surface area contributed by atoms with E-state index in [0.717, 1.165) is 57.2 Å². The molecule has 1 aliphatic rings.